The molecule has 0 aliphatic rings. The first-order chi connectivity index (χ1) is 10.5. The summed E-state index contributed by atoms with van der Waals surface area (Å²) in [5.41, 5.74) is 2.53. The lowest BCUT2D eigenvalue weighted by molar-refractivity contribution is -0.116. The summed E-state index contributed by atoms with van der Waals surface area (Å²) in [5.74, 6) is -1.05. The SMILES string of the molecule is CC(=O)Nc1ccc(F)cc1NC(=O)Cc1ccccc1C. The molecule has 0 aliphatic heterocycles. The van der Waals surface area contributed by atoms with Crippen LogP contribution in [0, 0.1) is 12.7 Å². The second-order valence-corrected chi connectivity index (χ2v) is 5.02. The van der Waals surface area contributed by atoms with Crippen molar-refractivity contribution in [1.29, 1.82) is 0 Å². The van der Waals surface area contributed by atoms with E-state index in [-0.39, 0.29) is 23.9 Å². The molecule has 2 aromatic carbocycles. The van der Waals surface area contributed by atoms with Crippen LogP contribution in [0.15, 0.2) is 42.5 Å². The molecule has 0 spiro atoms. The molecule has 4 nitrogen and oxygen atoms in total. The zero-order chi connectivity index (χ0) is 16.1. The van der Waals surface area contributed by atoms with E-state index in [0.29, 0.717) is 5.69 Å². The Hall–Kier alpha value is -2.69. The van der Waals surface area contributed by atoms with E-state index in [2.05, 4.69) is 10.6 Å². The maximum absolute atomic E-state index is 13.4. The first-order valence-corrected chi connectivity index (χ1v) is 6.87. The van der Waals surface area contributed by atoms with Crippen LogP contribution in [0.4, 0.5) is 15.8 Å². The van der Waals surface area contributed by atoms with Gasteiger partial charge in [0.05, 0.1) is 17.8 Å². The van der Waals surface area contributed by atoms with Gasteiger partial charge in [-0.2, -0.15) is 0 Å². The molecule has 2 aromatic rings. The van der Waals surface area contributed by atoms with E-state index in [1.807, 2.05) is 31.2 Å². The summed E-state index contributed by atoms with van der Waals surface area (Å²) >= 11 is 0. The summed E-state index contributed by atoms with van der Waals surface area (Å²) in [4.78, 5) is 23.3. The highest BCUT2D eigenvalue weighted by Crippen LogP contribution is 2.23. The average Bonchev–Trinajstić information content (AvgIpc) is 2.44. The second-order valence-electron chi connectivity index (χ2n) is 5.02. The molecule has 2 rings (SSSR count). The summed E-state index contributed by atoms with van der Waals surface area (Å²) < 4.78 is 13.4. The van der Waals surface area contributed by atoms with Crippen molar-refractivity contribution in [3.63, 3.8) is 0 Å². The van der Waals surface area contributed by atoms with Crippen molar-refractivity contribution in [2.24, 2.45) is 0 Å². The van der Waals surface area contributed by atoms with Crippen molar-refractivity contribution in [2.75, 3.05) is 10.6 Å². The molecule has 0 saturated heterocycles. The minimum Gasteiger partial charge on any atom is -0.325 e. The van der Waals surface area contributed by atoms with E-state index in [9.17, 15) is 14.0 Å². The summed E-state index contributed by atoms with van der Waals surface area (Å²) in [5, 5.41) is 5.20. The molecule has 0 aliphatic carbocycles. The minimum atomic E-state index is -0.486. The van der Waals surface area contributed by atoms with Gasteiger partial charge < -0.3 is 10.6 Å². The largest absolute Gasteiger partial charge is 0.325 e. The number of hydrogen-bond donors (Lipinski definition) is 2. The highest BCUT2D eigenvalue weighted by molar-refractivity contribution is 5.99. The van der Waals surface area contributed by atoms with Crippen LogP contribution in [0.3, 0.4) is 0 Å². The predicted molar refractivity (Wildman–Crippen MR) is 84.2 cm³/mol. The van der Waals surface area contributed by atoms with Crippen LogP contribution in [0.2, 0.25) is 0 Å². The van der Waals surface area contributed by atoms with E-state index in [0.717, 1.165) is 11.1 Å². The number of anilines is 2. The highest BCUT2D eigenvalue weighted by Gasteiger charge is 2.11. The number of halogens is 1. The summed E-state index contributed by atoms with van der Waals surface area (Å²) in [6.07, 6.45) is 0.183. The Morgan fingerprint density at radius 2 is 1.77 bits per heavy atom. The second kappa shape index (κ2) is 6.85. The first kappa shape index (κ1) is 15.7. The van der Waals surface area contributed by atoms with E-state index in [4.69, 9.17) is 0 Å². The van der Waals surface area contributed by atoms with Gasteiger partial charge >= 0.3 is 0 Å². The number of hydrogen-bond acceptors (Lipinski definition) is 2. The van der Waals surface area contributed by atoms with E-state index >= 15 is 0 Å². The Balaban J connectivity index is 2.16. The third-order valence-electron chi connectivity index (χ3n) is 3.18. The molecule has 2 N–H and O–H groups in total. The molecule has 0 fully saturated rings. The van der Waals surface area contributed by atoms with E-state index in [1.54, 1.807) is 0 Å². The summed E-state index contributed by atoms with van der Waals surface area (Å²) in [6, 6.07) is 11.4. The van der Waals surface area contributed by atoms with Gasteiger partial charge in [-0.3, -0.25) is 9.59 Å². The van der Waals surface area contributed by atoms with Gasteiger partial charge in [-0.1, -0.05) is 24.3 Å². The fourth-order valence-corrected chi connectivity index (χ4v) is 2.09. The van der Waals surface area contributed by atoms with E-state index < -0.39 is 5.82 Å². The molecule has 2 amide bonds. The predicted octanol–water partition coefficient (Wildman–Crippen LogP) is 3.27. The first-order valence-electron chi connectivity index (χ1n) is 6.87. The fraction of sp³-hybridized carbons (Fsp3) is 0.176. The molecular formula is C17H17FN2O2. The van der Waals surface area contributed by atoms with Gasteiger partial charge in [-0.25, -0.2) is 4.39 Å². The van der Waals surface area contributed by atoms with Crippen LogP contribution in [0.25, 0.3) is 0 Å². The van der Waals surface area contributed by atoms with Crippen molar-refractivity contribution < 1.29 is 14.0 Å². The van der Waals surface area contributed by atoms with E-state index in [1.165, 1.54) is 25.1 Å². The molecule has 0 heterocycles. The number of aryl methyl sites for hydroxylation is 1. The summed E-state index contributed by atoms with van der Waals surface area (Å²) in [6.45, 7) is 3.27. The van der Waals surface area contributed by atoms with Gasteiger partial charge in [0.2, 0.25) is 11.8 Å². The van der Waals surface area contributed by atoms with Crippen molar-refractivity contribution >= 4 is 23.2 Å². The van der Waals surface area contributed by atoms with Crippen LogP contribution in [0.5, 0.6) is 0 Å². The highest BCUT2D eigenvalue weighted by atomic mass is 19.1. The van der Waals surface area contributed by atoms with Crippen LogP contribution in [0.1, 0.15) is 18.1 Å². The van der Waals surface area contributed by atoms with Gasteiger partial charge in [0, 0.05) is 6.92 Å². The van der Waals surface area contributed by atoms with Gasteiger partial charge in [0.15, 0.2) is 0 Å². The van der Waals surface area contributed by atoms with Gasteiger partial charge in [-0.05, 0) is 36.2 Å². The van der Waals surface area contributed by atoms with Gasteiger partial charge in [0.25, 0.3) is 0 Å². The molecule has 114 valence electrons. The number of carbonyl (C=O) groups is 2. The molecular weight excluding hydrogens is 283 g/mol. The standard InChI is InChI=1S/C17H17FN2O2/c1-11-5-3-4-6-13(11)9-17(22)20-16-10-14(18)7-8-15(16)19-12(2)21/h3-8,10H,9H2,1-2H3,(H,19,21)(H,20,22). The zero-order valence-corrected chi connectivity index (χ0v) is 12.4. The van der Waals surface area contributed by atoms with Crippen LogP contribution >= 0.6 is 0 Å². The molecule has 0 aromatic heterocycles. The van der Waals surface area contributed by atoms with Crippen LogP contribution in [-0.4, -0.2) is 11.8 Å². The smallest absolute Gasteiger partial charge is 0.228 e. The third-order valence-corrected chi connectivity index (χ3v) is 3.18. The monoisotopic (exact) mass is 300 g/mol. The zero-order valence-electron chi connectivity index (χ0n) is 12.4. The van der Waals surface area contributed by atoms with Gasteiger partial charge in [0.1, 0.15) is 5.82 Å². The Morgan fingerprint density at radius 3 is 2.45 bits per heavy atom. The molecule has 0 unspecified atom stereocenters. The number of amides is 2. The fourth-order valence-electron chi connectivity index (χ4n) is 2.09. The summed E-state index contributed by atoms with van der Waals surface area (Å²) in [7, 11) is 0. The third kappa shape index (κ3) is 4.15. The minimum absolute atomic E-state index is 0.183. The Morgan fingerprint density at radius 1 is 1.05 bits per heavy atom. The Kier molecular flexibility index (Phi) is 4.88. The number of rotatable bonds is 4. The normalized spacial score (nSPS) is 10.1. The molecule has 0 saturated carbocycles. The van der Waals surface area contributed by atoms with Crippen molar-refractivity contribution in [3.05, 3.63) is 59.4 Å². The van der Waals surface area contributed by atoms with Gasteiger partial charge in [-0.15, -0.1) is 0 Å². The Bertz CT molecular complexity index is 714. The maximum Gasteiger partial charge on any atom is 0.228 e. The molecule has 22 heavy (non-hydrogen) atoms. The van der Waals surface area contributed by atoms with Crippen LogP contribution < -0.4 is 10.6 Å². The Labute approximate surface area is 128 Å². The van der Waals surface area contributed by atoms with Crippen molar-refractivity contribution in [2.45, 2.75) is 20.3 Å². The number of benzene rings is 2. The number of carbonyl (C=O) groups excluding carboxylic acids is 2. The lowest BCUT2D eigenvalue weighted by Gasteiger charge is -2.12. The molecule has 5 heteroatoms. The maximum atomic E-state index is 13.4. The number of nitrogens with one attached hydrogen (secondary N) is 2. The molecule has 0 bridgehead atoms. The van der Waals surface area contributed by atoms with Crippen molar-refractivity contribution in [1.82, 2.24) is 0 Å². The lowest BCUT2D eigenvalue weighted by Crippen LogP contribution is -2.17. The topological polar surface area (TPSA) is 58.2 Å². The lowest BCUT2D eigenvalue weighted by atomic mass is 10.1. The molecule has 0 radical (unpaired) electrons. The van der Waals surface area contributed by atoms with Crippen molar-refractivity contribution in [3.8, 4) is 0 Å². The average molecular weight is 300 g/mol. The molecule has 0 atom stereocenters. The quantitative estimate of drug-likeness (QED) is 0.910. The van der Waals surface area contributed by atoms with Crippen LogP contribution in [-0.2, 0) is 16.0 Å².